The molecular weight excluding hydrogens is 244 g/mol. The van der Waals surface area contributed by atoms with E-state index in [-0.39, 0.29) is 24.3 Å². The van der Waals surface area contributed by atoms with Gasteiger partial charge in [0.2, 0.25) is 5.91 Å². The van der Waals surface area contributed by atoms with Crippen molar-refractivity contribution < 1.29 is 14.6 Å². The summed E-state index contributed by atoms with van der Waals surface area (Å²) in [5, 5.41) is 12.4. The number of aromatic hydroxyl groups is 1. The van der Waals surface area contributed by atoms with Crippen LogP contribution in [-0.4, -0.2) is 43.4 Å². The molecule has 104 valence electrons. The van der Waals surface area contributed by atoms with Crippen molar-refractivity contribution in [1.29, 1.82) is 0 Å². The van der Waals surface area contributed by atoms with Gasteiger partial charge in [0.05, 0.1) is 0 Å². The van der Waals surface area contributed by atoms with Crippen LogP contribution in [-0.2, 0) is 9.53 Å². The van der Waals surface area contributed by atoms with Gasteiger partial charge >= 0.3 is 0 Å². The summed E-state index contributed by atoms with van der Waals surface area (Å²) >= 11 is 0. The summed E-state index contributed by atoms with van der Waals surface area (Å²) in [6, 6.07) is 7.33. The molecular formula is C14H20N2O3. The third-order valence-corrected chi connectivity index (χ3v) is 3.19. The average molecular weight is 264 g/mol. The van der Waals surface area contributed by atoms with Gasteiger partial charge in [0.1, 0.15) is 12.4 Å². The summed E-state index contributed by atoms with van der Waals surface area (Å²) < 4.78 is 5.07. The molecule has 1 amide bonds. The molecule has 2 rings (SSSR count). The van der Waals surface area contributed by atoms with Gasteiger partial charge in [0.25, 0.3) is 0 Å². The van der Waals surface area contributed by atoms with Crippen LogP contribution < -0.4 is 10.2 Å². The zero-order valence-corrected chi connectivity index (χ0v) is 11.1. The molecule has 0 spiro atoms. The first-order valence-electron chi connectivity index (χ1n) is 6.60. The van der Waals surface area contributed by atoms with Crippen molar-refractivity contribution in [3.05, 3.63) is 24.3 Å². The van der Waals surface area contributed by atoms with Gasteiger partial charge in [-0.25, -0.2) is 0 Å². The fourth-order valence-electron chi connectivity index (χ4n) is 2.27. The van der Waals surface area contributed by atoms with Crippen LogP contribution >= 0.6 is 0 Å². The van der Waals surface area contributed by atoms with Gasteiger partial charge in [-0.15, -0.1) is 0 Å². The van der Waals surface area contributed by atoms with Gasteiger partial charge in [0, 0.05) is 37.5 Å². The zero-order valence-electron chi connectivity index (χ0n) is 11.1. The van der Waals surface area contributed by atoms with Gasteiger partial charge < -0.3 is 20.1 Å². The summed E-state index contributed by atoms with van der Waals surface area (Å²) in [5.74, 6) is 0.200. The molecule has 0 aromatic heterocycles. The highest BCUT2D eigenvalue weighted by molar-refractivity contribution is 5.77. The monoisotopic (exact) mass is 264 g/mol. The third-order valence-electron chi connectivity index (χ3n) is 3.19. The average Bonchev–Trinajstić information content (AvgIpc) is 2.85. The molecule has 0 radical (unpaired) electrons. The standard InChI is InChI=1S/C14H20N2O3/c1-2-19-10-14(18)15-11-6-7-16(9-11)12-4-3-5-13(17)8-12/h3-5,8,11,17H,2,6-7,9-10H2,1H3,(H,15,18)/t11-/m0/s1. The molecule has 1 aliphatic heterocycles. The van der Waals surface area contributed by atoms with Gasteiger partial charge in [-0.1, -0.05) is 6.07 Å². The van der Waals surface area contributed by atoms with Gasteiger partial charge in [-0.05, 0) is 25.5 Å². The van der Waals surface area contributed by atoms with Crippen molar-refractivity contribution in [3.8, 4) is 5.75 Å². The van der Waals surface area contributed by atoms with E-state index < -0.39 is 0 Å². The second-order valence-corrected chi connectivity index (χ2v) is 4.66. The van der Waals surface area contributed by atoms with E-state index in [1.165, 1.54) is 0 Å². The van der Waals surface area contributed by atoms with Gasteiger partial charge in [-0.3, -0.25) is 4.79 Å². The number of nitrogens with one attached hydrogen (secondary N) is 1. The molecule has 1 aliphatic rings. The van der Waals surface area contributed by atoms with E-state index in [9.17, 15) is 9.90 Å². The van der Waals surface area contributed by atoms with Crippen molar-refractivity contribution in [2.45, 2.75) is 19.4 Å². The Balaban J connectivity index is 1.84. The number of ether oxygens (including phenoxy) is 1. The van der Waals surface area contributed by atoms with Gasteiger partial charge in [0.15, 0.2) is 0 Å². The second kappa shape index (κ2) is 6.43. The highest BCUT2D eigenvalue weighted by Crippen LogP contribution is 2.23. The topological polar surface area (TPSA) is 61.8 Å². The minimum Gasteiger partial charge on any atom is -0.508 e. The SMILES string of the molecule is CCOCC(=O)N[C@H]1CCN(c2cccc(O)c2)C1. The minimum atomic E-state index is -0.0652. The minimum absolute atomic E-state index is 0.0652. The Hall–Kier alpha value is -1.75. The molecule has 1 saturated heterocycles. The van der Waals surface area contributed by atoms with Crippen LogP contribution in [0.4, 0.5) is 5.69 Å². The Morgan fingerprint density at radius 2 is 2.42 bits per heavy atom. The molecule has 19 heavy (non-hydrogen) atoms. The zero-order chi connectivity index (χ0) is 13.7. The first kappa shape index (κ1) is 13.7. The predicted molar refractivity (Wildman–Crippen MR) is 73.4 cm³/mol. The number of anilines is 1. The molecule has 5 heteroatoms. The number of benzene rings is 1. The van der Waals surface area contributed by atoms with Crippen molar-refractivity contribution in [2.75, 3.05) is 31.2 Å². The summed E-state index contributed by atoms with van der Waals surface area (Å²) in [6.07, 6.45) is 0.910. The van der Waals surface area contributed by atoms with E-state index in [0.717, 1.165) is 25.2 Å². The number of carbonyl (C=O) groups is 1. The van der Waals surface area contributed by atoms with Crippen LogP contribution in [0.25, 0.3) is 0 Å². The van der Waals surface area contributed by atoms with Crippen molar-refractivity contribution in [1.82, 2.24) is 5.32 Å². The van der Waals surface area contributed by atoms with Crippen LogP contribution in [0.15, 0.2) is 24.3 Å². The van der Waals surface area contributed by atoms with E-state index >= 15 is 0 Å². The largest absolute Gasteiger partial charge is 0.508 e. The first-order valence-corrected chi connectivity index (χ1v) is 6.60. The second-order valence-electron chi connectivity index (χ2n) is 4.66. The summed E-state index contributed by atoms with van der Waals surface area (Å²) in [5.41, 5.74) is 0.988. The fraction of sp³-hybridized carbons (Fsp3) is 0.500. The van der Waals surface area contributed by atoms with Crippen LogP contribution in [0.3, 0.4) is 0 Å². The van der Waals surface area contributed by atoms with E-state index in [4.69, 9.17) is 4.74 Å². The predicted octanol–water partition coefficient (Wildman–Crippen LogP) is 1.12. The maximum absolute atomic E-state index is 11.6. The molecule has 0 aliphatic carbocycles. The number of phenolic OH excluding ortho intramolecular Hbond substituents is 1. The van der Waals surface area contributed by atoms with E-state index in [1.54, 1.807) is 12.1 Å². The Morgan fingerprint density at radius 3 is 3.16 bits per heavy atom. The molecule has 2 N–H and O–H groups in total. The Morgan fingerprint density at radius 1 is 1.58 bits per heavy atom. The Kier molecular flexibility index (Phi) is 4.63. The molecule has 1 heterocycles. The highest BCUT2D eigenvalue weighted by atomic mass is 16.5. The first-order chi connectivity index (χ1) is 9.19. The maximum atomic E-state index is 11.6. The highest BCUT2D eigenvalue weighted by Gasteiger charge is 2.24. The molecule has 1 aromatic rings. The number of hydrogen-bond acceptors (Lipinski definition) is 4. The Bertz CT molecular complexity index is 436. The smallest absolute Gasteiger partial charge is 0.246 e. The molecule has 5 nitrogen and oxygen atoms in total. The summed E-state index contributed by atoms with van der Waals surface area (Å²) in [4.78, 5) is 13.7. The number of amides is 1. The van der Waals surface area contributed by atoms with Gasteiger partial charge in [-0.2, -0.15) is 0 Å². The lowest BCUT2D eigenvalue weighted by Crippen LogP contribution is -2.39. The summed E-state index contributed by atoms with van der Waals surface area (Å²) in [6.45, 7) is 4.18. The van der Waals surface area contributed by atoms with Crippen molar-refractivity contribution in [2.24, 2.45) is 0 Å². The number of rotatable bonds is 5. The van der Waals surface area contributed by atoms with Crippen molar-refractivity contribution in [3.63, 3.8) is 0 Å². The number of phenols is 1. The molecule has 1 atom stereocenters. The lowest BCUT2D eigenvalue weighted by Gasteiger charge is -2.19. The molecule has 0 bridgehead atoms. The molecule has 1 fully saturated rings. The maximum Gasteiger partial charge on any atom is 0.246 e. The Labute approximate surface area is 113 Å². The van der Waals surface area contributed by atoms with Crippen LogP contribution in [0.5, 0.6) is 5.75 Å². The van der Waals surface area contributed by atoms with Crippen LogP contribution in [0.1, 0.15) is 13.3 Å². The van der Waals surface area contributed by atoms with Crippen molar-refractivity contribution >= 4 is 11.6 Å². The van der Waals surface area contributed by atoms with Crippen LogP contribution in [0, 0.1) is 0 Å². The third kappa shape index (κ3) is 3.86. The normalized spacial score (nSPS) is 18.6. The molecule has 0 saturated carbocycles. The van der Waals surface area contributed by atoms with E-state index in [1.807, 2.05) is 19.1 Å². The number of nitrogens with zero attached hydrogens (tertiary/aromatic N) is 1. The van der Waals surface area contributed by atoms with E-state index in [2.05, 4.69) is 10.2 Å². The van der Waals surface area contributed by atoms with E-state index in [0.29, 0.717) is 6.61 Å². The lowest BCUT2D eigenvalue weighted by atomic mass is 10.2. The summed E-state index contributed by atoms with van der Waals surface area (Å²) in [7, 11) is 0. The fourth-order valence-corrected chi connectivity index (χ4v) is 2.27. The number of carbonyl (C=O) groups excluding carboxylic acids is 1. The van der Waals surface area contributed by atoms with Crippen LogP contribution in [0.2, 0.25) is 0 Å². The number of hydrogen-bond donors (Lipinski definition) is 2. The molecule has 0 unspecified atom stereocenters. The molecule has 1 aromatic carbocycles. The lowest BCUT2D eigenvalue weighted by molar-refractivity contribution is -0.126. The quantitative estimate of drug-likeness (QED) is 0.836.